The molecule has 6 aromatic rings. The summed E-state index contributed by atoms with van der Waals surface area (Å²) in [5, 5.41) is 1.79. The SMILES string of the molecule is COC(=O)c1ccc2c(c1)c1cc(-c3ccc(CN(Cc4ccc(OC)cc4)Cc4ccc(OC)cc4)cc3)c(=O)n(C)c1n2C. The van der Waals surface area contributed by atoms with Crippen molar-refractivity contribution in [3.8, 4) is 22.6 Å². The van der Waals surface area contributed by atoms with Gasteiger partial charge < -0.3 is 18.8 Å². The topological polar surface area (TPSA) is 74.9 Å². The number of fused-ring (bicyclic) bond motifs is 3. The van der Waals surface area contributed by atoms with Crippen LogP contribution in [0.15, 0.2) is 102 Å². The highest BCUT2D eigenvalue weighted by Crippen LogP contribution is 2.31. The van der Waals surface area contributed by atoms with E-state index in [0.717, 1.165) is 64.2 Å². The van der Waals surface area contributed by atoms with E-state index in [9.17, 15) is 9.59 Å². The zero-order chi connectivity index (χ0) is 32.4. The Kier molecular flexibility index (Phi) is 8.63. The van der Waals surface area contributed by atoms with Crippen molar-refractivity contribution in [1.82, 2.24) is 14.0 Å². The molecular weight excluding hydrogens is 578 g/mol. The van der Waals surface area contributed by atoms with E-state index in [1.54, 1.807) is 31.9 Å². The molecule has 6 rings (SSSR count). The lowest BCUT2D eigenvalue weighted by Gasteiger charge is -2.23. The first kappa shape index (κ1) is 30.7. The van der Waals surface area contributed by atoms with Crippen LogP contribution in [0.2, 0.25) is 0 Å². The molecule has 0 atom stereocenters. The smallest absolute Gasteiger partial charge is 0.337 e. The van der Waals surface area contributed by atoms with Crippen LogP contribution < -0.4 is 15.0 Å². The Morgan fingerprint density at radius 1 is 0.652 bits per heavy atom. The van der Waals surface area contributed by atoms with Crippen molar-refractivity contribution in [2.75, 3.05) is 21.3 Å². The van der Waals surface area contributed by atoms with E-state index >= 15 is 0 Å². The fourth-order valence-corrected chi connectivity index (χ4v) is 6.14. The van der Waals surface area contributed by atoms with Crippen LogP contribution >= 0.6 is 0 Å². The summed E-state index contributed by atoms with van der Waals surface area (Å²) in [4.78, 5) is 28.3. The first-order valence-electron chi connectivity index (χ1n) is 15.1. The molecule has 0 bridgehead atoms. The van der Waals surface area contributed by atoms with Crippen LogP contribution in [0.25, 0.3) is 33.1 Å². The first-order chi connectivity index (χ1) is 22.3. The maximum atomic E-state index is 13.6. The van der Waals surface area contributed by atoms with Gasteiger partial charge in [0.05, 0.1) is 32.4 Å². The fraction of sp³-hybridized carbons (Fsp3) is 0.211. The molecule has 0 aliphatic rings. The number of carbonyl (C=O) groups excluding carboxylic acids is 1. The number of benzene rings is 4. The molecule has 46 heavy (non-hydrogen) atoms. The first-order valence-corrected chi connectivity index (χ1v) is 15.1. The van der Waals surface area contributed by atoms with Gasteiger partial charge in [0.25, 0.3) is 5.56 Å². The van der Waals surface area contributed by atoms with Gasteiger partial charge in [-0.3, -0.25) is 14.3 Å². The Labute approximate surface area is 268 Å². The average Bonchev–Trinajstić information content (AvgIpc) is 3.37. The van der Waals surface area contributed by atoms with E-state index in [-0.39, 0.29) is 5.56 Å². The zero-order valence-corrected chi connectivity index (χ0v) is 26.7. The molecule has 0 unspecified atom stereocenters. The number of hydrogen-bond donors (Lipinski definition) is 0. The van der Waals surface area contributed by atoms with Crippen molar-refractivity contribution in [3.05, 3.63) is 130 Å². The minimum absolute atomic E-state index is 0.0833. The van der Waals surface area contributed by atoms with Gasteiger partial charge in [0.1, 0.15) is 17.1 Å². The van der Waals surface area contributed by atoms with Gasteiger partial charge in [0, 0.05) is 50.1 Å². The van der Waals surface area contributed by atoms with Gasteiger partial charge in [0.15, 0.2) is 0 Å². The third kappa shape index (κ3) is 5.99. The summed E-state index contributed by atoms with van der Waals surface area (Å²) in [5.41, 5.74) is 7.05. The van der Waals surface area contributed by atoms with E-state index in [1.807, 2.05) is 66.2 Å². The molecule has 0 saturated carbocycles. The van der Waals surface area contributed by atoms with Crippen LogP contribution in [0.1, 0.15) is 27.0 Å². The number of aryl methyl sites for hydroxylation is 2. The Hall–Kier alpha value is -5.34. The molecule has 2 aromatic heterocycles. The highest BCUT2D eigenvalue weighted by atomic mass is 16.5. The molecule has 0 amide bonds. The Balaban J connectivity index is 1.32. The van der Waals surface area contributed by atoms with Crippen molar-refractivity contribution in [1.29, 1.82) is 0 Å². The van der Waals surface area contributed by atoms with E-state index in [4.69, 9.17) is 14.2 Å². The maximum absolute atomic E-state index is 13.6. The summed E-state index contributed by atoms with van der Waals surface area (Å²) >= 11 is 0. The molecule has 4 aromatic carbocycles. The van der Waals surface area contributed by atoms with Crippen molar-refractivity contribution in [2.45, 2.75) is 19.6 Å². The second-order valence-corrected chi connectivity index (χ2v) is 11.5. The van der Waals surface area contributed by atoms with Crippen LogP contribution in [0.5, 0.6) is 11.5 Å². The molecule has 0 fully saturated rings. The normalized spacial score (nSPS) is 11.3. The minimum atomic E-state index is -0.396. The maximum Gasteiger partial charge on any atom is 0.337 e. The predicted octanol–water partition coefficient (Wildman–Crippen LogP) is 6.70. The fourth-order valence-electron chi connectivity index (χ4n) is 6.14. The number of aromatic nitrogens is 2. The van der Waals surface area contributed by atoms with Gasteiger partial charge in [-0.05, 0) is 70.8 Å². The van der Waals surface area contributed by atoms with Crippen LogP contribution in [0, 0.1) is 0 Å². The quantitative estimate of drug-likeness (QED) is 0.160. The van der Waals surface area contributed by atoms with Crippen LogP contribution in [-0.2, 0) is 38.5 Å². The number of nitrogens with zero attached hydrogens (tertiary/aromatic N) is 3. The van der Waals surface area contributed by atoms with Gasteiger partial charge in [-0.2, -0.15) is 0 Å². The molecular formula is C38H37N3O5. The lowest BCUT2D eigenvalue weighted by molar-refractivity contribution is 0.0601. The third-order valence-corrected chi connectivity index (χ3v) is 8.57. The average molecular weight is 616 g/mol. The second-order valence-electron chi connectivity index (χ2n) is 11.5. The van der Waals surface area contributed by atoms with Crippen molar-refractivity contribution in [2.24, 2.45) is 14.1 Å². The number of carbonyl (C=O) groups is 1. The van der Waals surface area contributed by atoms with Gasteiger partial charge in [-0.25, -0.2) is 4.79 Å². The monoisotopic (exact) mass is 615 g/mol. The van der Waals surface area contributed by atoms with Crippen molar-refractivity contribution >= 4 is 27.9 Å². The Bertz CT molecular complexity index is 2030. The Morgan fingerprint density at radius 3 is 1.67 bits per heavy atom. The van der Waals surface area contributed by atoms with E-state index < -0.39 is 5.97 Å². The van der Waals surface area contributed by atoms with Crippen LogP contribution in [-0.4, -0.2) is 41.3 Å². The number of ether oxygens (including phenoxy) is 3. The summed E-state index contributed by atoms with van der Waals surface area (Å²) in [7, 11) is 8.44. The minimum Gasteiger partial charge on any atom is -0.497 e. The molecule has 0 radical (unpaired) electrons. The summed E-state index contributed by atoms with van der Waals surface area (Å²) in [5.74, 6) is 1.27. The zero-order valence-electron chi connectivity index (χ0n) is 26.7. The van der Waals surface area contributed by atoms with Crippen molar-refractivity contribution in [3.63, 3.8) is 0 Å². The molecule has 8 nitrogen and oxygen atoms in total. The molecule has 0 spiro atoms. The van der Waals surface area contributed by atoms with E-state index in [0.29, 0.717) is 11.1 Å². The summed E-state index contributed by atoms with van der Waals surface area (Å²) in [6.45, 7) is 2.22. The third-order valence-electron chi connectivity index (χ3n) is 8.57. The lowest BCUT2D eigenvalue weighted by atomic mass is 10.0. The summed E-state index contributed by atoms with van der Waals surface area (Å²) < 4.78 is 19.3. The highest BCUT2D eigenvalue weighted by Gasteiger charge is 2.18. The second kappa shape index (κ2) is 12.9. The number of esters is 1. The van der Waals surface area contributed by atoms with Crippen molar-refractivity contribution < 1.29 is 19.0 Å². The largest absolute Gasteiger partial charge is 0.497 e. The van der Waals surface area contributed by atoms with Gasteiger partial charge in [0.2, 0.25) is 0 Å². The molecule has 0 N–H and O–H groups in total. The standard InChI is InChI=1S/C38H37N3O5/c1-39-35-19-14-29(38(43)46-5)20-33(35)34-21-32(37(42)40(2)36(34)39)28-12-6-25(7-13-28)22-41(23-26-8-15-30(44-3)16-9-26)24-27-10-17-31(45-4)18-11-27/h6-21H,22-24H2,1-5H3. The van der Waals surface area contributed by atoms with Gasteiger partial charge in [-0.15, -0.1) is 0 Å². The molecule has 0 saturated heterocycles. The number of pyridine rings is 1. The number of methoxy groups -OCH3 is 3. The summed E-state index contributed by atoms with van der Waals surface area (Å²) in [6.07, 6.45) is 0. The molecule has 8 heteroatoms. The summed E-state index contributed by atoms with van der Waals surface area (Å²) in [6, 6.07) is 31.9. The van der Waals surface area contributed by atoms with Crippen LogP contribution in [0.3, 0.4) is 0 Å². The molecule has 0 aliphatic heterocycles. The number of hydrogen-bond acceptors (Lipinski definition) is 6. The Morgan fingerprint density at radius 2 is 1.17 bits per heavy atom. The van der Waals surface area contributed by atoms with Gasteiger partial charge >= 0.3 is 5.97 Å². The number of rotatable bonds is 10. The van der Waals surface area contributed by atoms with E-state index in [2.05, 4.69) is 41.3 Å². The molecule has 234 valence electrons. The predicted molar refractivity (Wildman–Crippen MR) is 181 cm³/mol. The van der Waals surface area contributed by atoms with Crippen LogP contribution in [0.4, 0.5) is 0 Å². The van der Waals surface area contributed by atoms with E-state index in [1.165, 1.54) is 18.2 Å². The molecule has 2 heterocycles. The molecule has 0 aliphatic carbocycles. The van der Waals surface area contributed by atoms with Gasteiger partial charge in [-0.1, -0.05) is 48.5 Å². The highest BCUT2D eigenvalue weighted by molar-refractivity contribution is 6.10. The lowest BCUT2D eigenvalue weighted by Crippen LogP contribution is -2.22.